The van der Waals surface area contributed by atoms with Gasteiger partial charge in [-0.1, -0.05) is 61.4 Å². The van der Waals surface area contributed by atoms with Crippen molar-refractivity contribution in [3.8, 4) is 0 Å². The van der Waals surface area contributed by atoms with Gasteiger partial charge in [0.2, 0.25) is 47.4 Å². The van der Waals surface area contributed by atoms with Gasteiger partial charge in [0.1, 0.15) is 22.8 Å². The van der Waals surface area contributed by atoms with E-state index >= 15 is 0 Å². The van der Waals surface area contributed by atoms with Crippen LogP contribution in [-0.4, -0.2) is 125 Å². The Morgan fingerprint density at radius 2 is 0.658 bits per heavy atom. The highest BCUT2D eigenvalue weighted by molar-refractivity contribution is 6.07. The molecule has 616 valence electrons. The lowest BCUT2D eigenvalue weighted by Crippen LogP contribution is -2.21. The first-order valence-electron chi connectivity index (χ1n) is 40.8. The summed E-state index contributed by atoms with van der Waals surface area (Å²) in [5.41, 5.74) is 40.1. The molecule has 10 heterocycles. The number of amides is 8. The van der Waals surface area contributed by atoms with Crippen LogP contribution < -0.4 is 44.2 Å². The summed E-state index contributed by atoms with van der Waals surface area (Å²) >= 11 is 0. The van der Waals surface area contributed by atoms with Crippen molar-refractivity contribution < 1.29 is 38.4 Å². The van der Waals surface area contributed by atoms with Crippen molar-refractivity contribution in [1.29, 1.82) is 0 Å². The van der Waals surface area contributed by atoms with Crippen molar-refractivity contribution in [2.24, 2.45) is 22.9 Å². The molecule has 4 bridgehead atoms. The summed E-state index contributed by atoms with van der Waals surface area (Å²) in [4.78, 5) is 124. The smallest absolute Gasteiger partial charge is 0.276 e. The van der Waals surface area contributed by atoms with Crippen LogP contribution in [0.1, 0.15) is 205 Å². The predicted octanol–water partition coefficient (Wildman–Crippen LogP) is 11.4. The molecule has 2 aliphatic rings. The summed E-state index contributed by atoms with van der Waals surface area (Å²) in [5, 5.41) is 31.0. The minimum absolute atomic E-state index is 0.305. The predicted molar refractivity (Wildman–Crippen MR) is 456 cm³/mol. The Kier molecular flexibility index (Phi) is 23.6. The number of fused-ring (bicyclic) bond motifs is 20. The molecule has 0 unspecified atom stereocenters. The van der Waals surface area contributed by atoms with Crippen LogP contribution in [0, 0.1) is 27.7 Å². The maximum Gasteiger partial charge on any atom is 0.276 e. The highest BCUT2D eigenvalue weighted by Crippen LogP contribution is 2.31. The third-order valence-electron chi connectivity index (χ3n) is 22.4. The summed E-state index contributed by atoms with van der Waals surface area (Å²) in [7, 11) is 0. The molecule has 0 saturated heterocycles. The summed E-state index contributed by atoms with van der Waals surface area (Å²) in [6.07, 6.45) is 10.2. The number of primary amides is 4. The van der Waals surface area contributed by atoms with E-state index in [9.17, 15) is 38.4 Å². The Morgan fingerprint density at radius 1 is 0.342 bits per heavy atom. The second-order valence-electron chi connectivity index (χ2n) is 30.6. The van der Waals surface area contributed by atoms with E-state index in [-0.39, 0.29) is 23.6 Å². The first-order chi connectivity index (χ1) is 57.9. The summed E-state index contributed by atoms with van der Waals surface area (Å²) in [6.45, 7) is 15.6. The first kappa shape index (κ1) is 81.0. The van der Waals surface area contributed by atoms with Crippen LogP contribution >= 0.6 is 0 Å². The summed E-state index contributed by atoms with van der Waals surface area (Å²) in [5.74, 6) is -2.04. The fourth-order valence-electron chi connectivity index (χ4n) is 16.4. The molecule has 0 spiro atoms. The Morgan fingerprint density at radius 3 is 0.983 bits per heavy atom. The molecule has 32 nitrogen and oxygen atoms in total. The number of nitrogens with one attached hydrogen (secondary N) is 4. The van der Waals surface area contributed by atoms with Crippen molar-refractivity contribution in [1.82, 2.24) is 77.3 Å². The number of carbonyl (C=O) groups excluding carboxylic acids is 8. The van der Waals surface area contributed by atoms with Crippen molar-refractivity contribution in [3.05, 3.63) is 235 Å². The number of nitrogens with two attached hydrogens (primary N) is 4. The van der Waals surface area contributed by atoms with Crippen LogP contribution in [0.3, 0.4) is 0 Å². The van der Waals surface area contributed by atoms with Crippen molar-refractivity contribution in [3.63, 3.8) is 0 Å². The minimum Gasteiger partial charge on any atom is -0.366 e. The topological polar surface area (TPSA) is 431 Å². The average Bonchev–Trinajstić information content (AvgIpc) is 1.63. The number of aromatic nitrogens is 16. The maximum absolute atomic E-state index is 14.3. The molecular formula is C88H96N24O8. The number of carbonyl (C=O) groups is 8. The minimum atomic E-state index is -0.559. The van der Waals surface area contributed by atoms with Gasteiger partial charge >= 0.3 is 0 Å². The van der Waals surface area contributed by atoms with Crippen molar-refractivity contribution >= 4 is 115 Å². The molecule has 0 aliphatic carbocycles. The van der Waals surface area contributed by atoms with Crippen molar-refractivity contribution in [2.75, 3.05) is 21.3 Å². The molecule has 8 aromatic heterocycles. The number of anilines is 4. The normalized spacial score (nSPS) is 14.6. The molecule has 14 aromatic rings. The number of aryl methyl sites for hydroxylation is 16. The zero-order valence-corrected chi connectivity index (χ0v) is 68.0. The van der Waals surface area contributed by atoms with E-state index in [2.05, 4.69) is 67.9 Å². The third kappa shape index (κ3) is 17.3. The third-order valence-corrected chi connectivity index (χ3v) is 22.4. The molecule has 16 rings (SSSR count). The van der Waals surface area contributed by atoms with Crippen LogP contribution in [0.25, 0.3) is 44.1 Å². The molecule has 2 aliphatic heterocycles. The molecule has 6 aromatic carbocycles. The number of benzene rings is 6. The number of hydrogen-bond acceptors (Lipinski definition) is 16. The zero-order valence-electron chi connectivity index (χ0n) is 68.0. The number of imidazole rings is 4. The number of rotatable bonds is 6. The van der Waals surface area contributed by atoms with E-state index in [1.54, 1.807) is 79.4 Å². The second kappa shape index (κ2) is 34.9. The molecule has 0 fully saturated rings. The van der Waals surface area contributed by atoms with Crippen LogP contribution in [0.4, 0.5) is 23.8 Å². The quantitative estimate of drug-likeness (QED) is 0.0766. The summed E-state index contributed by atoms with van der Waals surface area (Å²) < 4.78 is 14.8. The maximum atomic E-state index is 14.3. The van der Waals surface area contributed by atoms with Gasteiger partial charge in [-0.15, -0.1) is 0 Å². The Bertz CT molecular complexity index is 6370. The molecule has 0 atom stereocenters. The van der Waals surface area contributed by atoms with Gasteiger partial charge in [-0.05, 0) is 226 Å². The molecule has 0 radical (unpaired) electrons. The van der Waals surface area contributed by atoms with Gasteiger partial charge in [-0.3, -0.25) is 78.4 Å². The Hall–Kier alpha value is -14.2. The second-order valence-corrected chi connectivity index (χ2v) is 30.6. The largest absolute Gasteiger partial charge is 0.366 e. The lowest BCUT2D eigenvalue weighted by Gasteiger charge is -2.13. The lowest BCUT2D eigenvalue weighted by atomic mass is 10.0. The zero-order chi connectivity index (χ0) is 84.2. The van der Waals surface area contributed by atoms with Gasteiger partial charge in [0.15, 0.2) is 0 Å². The van der Waals surface area contributed by atoms with Gasteiger partial charge < -0.3 is 41.2 Å². The molecular weight excluding hydrogens is 1520 g/mol. The molecule has 12 N–H and O–H groups in total. The van der Waals surface area contributed by atoms with E-state index in [1.807, 2.05) is 96.2 Å². The van der Waals surface area contributed by atoms with Gasteiger partial charge in [0.05, 0.1) is 66.9 Å². The van der Waals surface area contributed by atoms with Gasteiger partial charge in [0.25, 0.3) is 23.6 Å². The number of hydrogen-bond donors (Lipinski definition) is 8. The number of nitrogens with zero attached hydrogens (tertiary/aromatic N) is 16. The van der Waals surface area contributed by atoms with E-state index < -0.39 is 23.6 Å². The lowest BCUT2D eigenvalue weighted by molar-refractivity contribution is 0.0992. The fourth-order valence-corrected chi connectivity index (χ4v) is 16.4. The van der Waals surface area contributed by atoms with Crippen LogP contribution in [0.15, 0.2) is 133 Å². The molecule has 0 saturated carbocycles. The van der Waals surface area contributed by atoms with Crippen LogP contribution in [-0.2, 0) is 90.9 Å². The Balaban J connectivity index is 0.000000187. The van der Waals surface area contributed by atoms with Gasteiger partial charge in [0, 0.05) is 85.7 Å². The highest BCUT2D eigenvalue weighted by Gasteiger charge is 2.29. The van der Waals surface area contributed by atoms with Crippen LogP contribution in [0.2, 0.25) is 0 Å². The van der Waals surface area contributed by atoms with Gasteiger partial charge in [-0.25, -0.2) is 19.9 Å². The van der Waals surface area contributed by atoms with E-state index in [0.717, 1.165) is 137 Å². The Labute approximate surface area is 690 Å². The molecule has 8 amide bonds. The first-order valence-corrected chi connectivity index (χ1v) is 40.8. The van der Waals surface area contributed by atoms with Crippen molar-refractivity contribution in [2.45, 2.75) is 184 Å². The molecule has 32 heteroatoms. The average molecular weight is 1620 g/mol. The molecule has 120 heavy (non-hydrogen) atoms. The van der Waals surface area contributed by atoms with Crippen LogP contribution in [0.5, 0.6) is 0 Å². The van der Waals surface area contributed by atoms with E-state index in [0.29, 0.717) is 175 Å². The summed E-state index contributed by atoms with van der Waals surface area (Å²) in [6, 6.07) is 40.9. The highest BCUT2D eigenvalue weighted by atomic mass is 16.2. The van der Waals surface area contributed by atoms with Gasteiger partial charge in [-0.2, -0.15) is 20.4 Å². The monoisotopic (exact) mass is 1620 g/mol. The van der Waals surface area contributed by atoms with E-state index in [4.69, 9.17) is 53.1 Å². The van der Waals surface area contributed by atoms with E-state index in [1.165, 1.54) is 0 Å². The SMILES string of the molecule is CCn1nc(C)c2c1C(=O)Nc1nc3cc(C(N)=O)ccc3n1CCCc1cccc(c1)CCn1c(nc3cc(C(N)=O)ccc31)NC(=O)c1cc(C)nn1CCCCC2.CCn1nc(C)c2c1C(=O)Nc1nc3cc(C(N)=O)ccc3n1CCc1cccc(c1)CCCn1c(nc3cc(C(N)=O)ccc31)NC(=O)c1cc(C)nn1CCCCC2. The fraction of sp³-hybridized carbons (Fsp3) is 0.318. The standard InChI is InChI=1S/2C44H48N12O4/c1-4-55-38-32(27(3)52-55)13-6-5-7-20-56-37(22-26(2)51-56)41(59)49-43-47-34-25-31(40(46)58)15-17-36(34)54(43)21-18-29-11-8-10-28(23-29)12-9-19-53-35-16-14-30(39(45)57)24-33(35)48-44(53)50-42(38)60;1-4-55-38-32(27(3)52-55)13-6-5-7-20-56-37(22-26(2)51-56)41(59)49-43-47-33-24-30(39(45)57)14-16-35(33)53(43)19-9-12-28-10-8-11-29(23-28)18-21-54-36-17-15-31(40(46)58)25-34(36)48-44(54)50-42(38)60/h2*8,10-11,14-17,22-25H,4-7,9,12-13,18-21H2,1-3H3,(H2,45,57)(H2,46,58)(H,47,49,59)(H,48,50,60).